The van der Waals surface area contributed by atoms with Crippen molar-refractivity contribution in [3.63, 3.8) is 0 Å². The number of hydrogen-bond acceptors (Lipinski definition) is 6. The van der Waals surface area contributed by atoms with Crippen LogP contribution in [0.2, 0.25) is 0 Å². The van der Waals surface area contributed by atoms with Gasteiger partial charge in [-0.1, -0.05) is 11.8 Å². The highest BCUT2D eigenvalue weighted by Crippen LogP contribution is 2.24. The quantitative estimate of drug-likeness (QED) is 0.665. The third kappa shape index (κ3) is 3.34. The first-order valence-electron chi connectivity index (χ1n) is 4.83. The molecule has 0 spiro atoms. The summed E-state index contributed by atoms with van der Waals surface area (Å²) in [5, 5.41) is 5.96. The molecule has 2 aromatic heterocycles. The Morgan fingerprint density at radius 1 is 1.53 bits per heavy atom. The molecule has 0 bridgehead atoms. The summed E-state index contributed by atoms with van der Waals surface area (Å²) in [5.41, 5.74) is 5.70. The monoisotopic (exact) mass is 330 g/mol. The topological polar surface area (TPSA) is 63.8 Å². The number of aromatic nitrogens is 2. The highest BCUT2D eigenvalue weighted by Gasteiger charge is 2.04. The van der Waals surface area contributed by atoms with Crippen molar-refractivity contribution < 1.29 is 0 Å². The Balaban J connectivity index is 2.09. The zero-order valence-corrected chi connectivity index (χ0v) is 12.3. The van der Waals surface area contributed by atoms with Crippen molar-refractivity contribution in [1.82, 2.24) is 9.97 Å². The molecule has 0 aliphatic carbocycles. The van der Waals surface area contributed by atoms with E-state index >= 15 is 0 Å². The molecular weight excluding hydrogens is 320 g/mol. The summed E-state index contributed by atoms with van der Waals surface area (Å²) in [7, 11) is 0. The molecule has 2 rings (SSSR count). The van der Waals surface area contributed by atoms with Gasteiger partial charge in [-0.15, -0.1) is 11.3 Å². The molecule has 0 fully saturated rings. The summed E-state index contributed by atoms with van der Waals surface area (Å²) in [6.45, 7) is 0.725. The largest absolute Gasteiger partial charge is 0.383 e. The number of nitrogen functional groups attached to an aromatic ring is 1. The van der Waals surface area contributed by atoms with Crippen molar-refractivity contribution in [2.75, 3.05) is 17.3 Å². The molecule has 0 aliphatic heterocycles. The summed E-state index contributed by atoms with van der Waals surface area (Å²) in [6.07, 6.45) is 1.93. The molecule has 0 saturated carbocycles. The van der Waals surface area contributed by atoms with Gasteiger partial charge in [0.1, 0.15) is 11.6 Å². The number of nitrogens with two attached hydrogens (primary N) is 1. The number of nitrogens with zero attached hydrogens (tertiary/aromatic N) is 2. The van der Waals surface area contributed by atoms with Crippen LogP contribution < -0.4 is 11.1 Å². The van der Waals surface area contributed by atoms with Gasteiger partial charge in [-0.2, -0.15) is 0 Å². The molecule has 0 amide bonds. The number of rotatable bonds is 4. The van der Waals surface area contributed by atoms with E-state index in [9.17, 15) is 0 Å². The highest BCUT2D eigenvalue weighted by atomic mass is 79.9. The maximum atomic E-state index is 5.70. The maximum absolute atomic E-state index is 5.70. The molecule has 0 saturated heterocycles. The molecule has 17 heavy (non-hydrogen) atoms. The number of nitrogens with one attached hydrogen (secondary N) is 1. The molecule has 4 nitrogen and oxygen atoms in total. The van der Waals surface area contributed by atoms with Crippen LogP contribution >= 0.6 is 39.0 Å². The van der Waals surface area contributed by atoms with Crippen molar-refractivity contribution in [3.8, 4) is 0 Å². The second kappa shape index (κ2) is 5.70. The van der Waals surface area contributed by atoms with Gasteiger partial charge in [-0.3, -0.25) is 0 Å². The standard InChI is InChI=1S/C10H11BrN4S2/c1-16-10-14-8(12)4-9(15-10)13-5-7-6(11)2-3-17-7/h2-4H,5H2,1H3,(H3,12,13,14,15). The van der Waals surface area contributed by atoms with Crippen LogP contribution in [0, 0.1) is 0 Å². The Bertz CT molecular complexity index is 515. The van der Waals surface area contributed by atoms with Crippen molar-refractivity contribution in [2.24, 2.45) is 0 Å². The van der Waals surface area contributed by atoms with Gasteiger partial charge >= 0.3 is 0 Å². The van der Waals surface area contributed by atoms with E-state index in [0.717, 1.165) is 16.8 Å². The van der Waals surface area contributed by atoms with E-state index in [4.69, 9.17) is 5.73 Å². The molecule has 2 aromatic rings. The van der Waals surface area contributed by atoms with E-state index in [1.54, 1.807) is 17.4 Å². The Labute approximate surface area is 116 Å². The second-order valence-electron chi connectivity index (χ2n) is 3.21. The van der Waals surface area contributed by atoms with E-state index in [-0.39, 0.29) is 0 Å². The predicted octanol–water partition coefficient (Wildman–Crippen LogP) is 3.22. The summed E-state index contributed by atoms with van der Waals surface area (Å²) in [6, 6.07) is 3.77. The van der Waals surface area contributed by atoms with Gasteiger partial charge in [0, 0.05) is 15.4 Å². The SMILES string of the molecule is CSc1nc(N)cc(NCc2sccc2Br)n1. The molecule has 0 radical (unpaired) electrons. The number of thiophene rings is 1. The Hall–Kier alpha value is -0.790. The van der Waals surface area contributed by atoms with Crippen LogP contribution in [0.3, 0.4) is 0 Å². The predicted molar refractivity (Wildman–Crippen MR) is 77.6 cm³/mol. The van der Waals surface area contributed by atoms with Crippen molar-refractivity contribution >= 4 is 50.7 Å². The fourth-order valence-electron chi connectivity index (χ4n) is 1.25. The fourth-order valence-corrected chi connectivity index (χ4v) is 3.07. The molecular formula is C10H11BrN4S2. The molecule has 0 unspecified atom stereocenters. The lowest BCUT2D eigenvalue weighted by atomic mass is 10.4. The average Bonchev–Trinajstić information content (AvgIpc) is 2.71. The molecule has 0 atom stereocenters. The Morgan fingerprint density at radius 3 is 3.00 bits per heavy atom. The lowest BCUT2D eigenvalue weighted by Crippen LogP contribution is -2.03. The van der Waals surface area contributed by atoms with Crippen LogP contribution in [0.25, 0.3) is 0 Å². The van der Waals surface area contributed by atoms with E-state index < -0.39 is 0 Å². The number of halogens is 1. The first-order valence-corrected chi connectivity index (χ1v) is 7.73. The van der Waals surface area contributed by atoms with E-state index in [2.05, 4.69) is 31.2 Å². The minimum atomic E-state index is 0.483. The third-order valence-electron chi connectivity index (χ3n) is 2.03. The first kappa shape index (κ1) is 12.7. The first-order chi connectivity index (χ1) is 8.19. The molecule has 2 heterocycles. The number of thioether (sulfide) groups is 1. The molecule has 90 valence electrons. The lowest BCUT2D eigenvalue weighted by molar-refractivity contribution is 0.966. The second-order valence-corrected chi connectivity index (χ2v) is 5.84. The minimum Gasteiger partial charge on any atom is -0.383 e. The van der Waals surface area contributed by atoms with Gasteiger partial charge in [-0.05, 0) is 33.6 Å². The Kier molecular flexibility index (Phi) is 4.25. The van der Waals surface area contributed by atoms with Gasteiger partial charge in [-0.25, -0.2) is 9.97 Å². The average molecular weight is 331 g/mol. The van der Waals surface area contributed by atoms with Crippen molar-refractivity contribution in [1.29, 1.82) is 0 Å². The summed E-state index contributed by atoms with van der Waals surface area (Å²) in [5.74, 6) is 1.24. The maximum Gasteiger partial charge on any atom is 0.191 e. The van der Waals surface area contributed by atoms with Crippen LogP contribution in [0.15, 0.2) is 27.1 Å². The van der Waals surface area contributed by atoms with Gasteiger partial charge in [0.05, 0.1) is 6.54 Å². The summed E-state index contributed by atoms with van der Waals surface area (Å²) >= 11 is 6.66. The smallest absolute Gasteiger partial charge is 0.191 e. The molecule has 7 heteroatoms. The number of hydrogen-bond donors (Lipinski definition) is 2. The minimum absolute atomic E-state index is 0.483. The van der Waals surface area contributed by atoms with Crippen molar-refractivity contribution in [2.45, 2.75) is 11.7 Å². The van der Waals surface area contributed by atoms with Crippen LogP contribution in [0.5, 0.6) is 0 Å². The van der Waals surface area contributed by atoms with Crippen LogP contribution in [-0.4, -0.2) is 16.2 Å². The summed E-state index contributed by atoms with van der Waals surface area (Å²) < 4.78 is 1.11. The third-order valence-corrected chi connectivity index (χ3v) is 4.50. The van der Waals surface area contributed by atoms with E-state index in [0.29, 0.717) is 11.0 Å². The van der Waals surface area contributed by atoms with Gasteiger partial charge < -0.3 is 11.1 Å². The van der Waals surface area contributed by atoms with E-state index in [1.807, 2.05) is 17.7 Å². The van der Waals surface area contributed by atoms with Gasteiger partial charge in [0.15, 0.2) is 5.16 Å². The van der Waals surface area contributed by atoms with Gasteiger partial charge in [0.2, 0.25) is 0 Å². The molecule has 0 aromatic carbocycles. The molecule has 3 N–H and O–H groups in total. The summed E-state index contributed by atoms with van der Waals surface area (Å²) in [4.78, 5) is 9.66. The highest BCUT2D eigenvalue weighted by molar-refractivity contribution is 9.10. The zero-order valence-electron chi connectivity index (χ0n) is 9.11. The zero-order chi connectivity index (χ0) is 12.3. The normalized spacial score (nSPS) is 10.5. The van der Waals surface area contributed by atoms with Crippen molar-refractivity contribution in [3.05, 3.63) is 26.9 Å². The Morgan fingerprint density at radius 2 is 2.35 bits per heavy atom. The van der Waals surface area contributed by atoms with Crippen LogP contribution in [0.1, 0.15) is 4.88 Å². The van der Waals surface area contributed by atoms with E-state index in [1.165, 1.54) is 16.6 Å². The van der Waals surface area contributed by atoms with Crippen LogP contribution in [0.4, 0.5) is 11.6 Å². The van der Waals surface area contributed by atoms with Gasteiger partial charge in [0.25, 0.3) is 0 Å². The number of anilines is 2. The van der Waals surface area contributed by atoms with Crippen LogP contribution in [-0.2, 0) is 6.54 Å². The molecule has 0 aliphatic rings. The lowest BCUT2D eigenvalue weighted by Gasteiger charge is -2.06. The fraction of sp³-hybridized carbons (Fsp3) is 0.200.